The number of para-hydroxylation sites is 1. The Hall–Kier alpha value is -1.81. The second kappa shape index (κ2) is 6.76. The molecule has 112 valence electrons. The quantitative estimate of drug-likeness (QED) is 0.839. The second-order valence-corrected chi connectivity index (χ2v) is 5.41. The molecule has 0 radical (unpaired) electrons. The van der Waals surface area contributed by atoms with Gasteiger partial charge in [0.15, 0.2) is 0 Å². The molecule has 0 fully saturated rings. The first-order valence-corrected chi connectivity index (χ1v) is 7.47. The number of hydrogen-bond donors (Lipinski definition) is 0. The third-order valence-corrected chi connectivity index (χ3v) is 3.95. The van der Waals surface area contributed by atoms with E-state index in [4.69, 9.17) is 11.6 Å². The summed E-state index contributed by atoms with van der Waals surface area (Å²) < 4.78 is 1.78. The van der Waals surface area contributed by atoms with Crippen LogP contribution < -0.4 is 4.90 Å². The van der Waals surface area contributed by atoms with Crippen molar-refractivity contribution in [2.75, 3.05) is 4.90 Å². The zero-order chi connectivity index (χ0) is 15.4. The first-order valence-electron chi connectivity index (χ1n) is 7.09. The third kappa shape index (κ3) is 3.45. The average Bonchev–Trinajstić information content (AvgIpc) is 2.73. The van der Waals surface area contributed by atoms with Crippen LogP contribution in [0, 0.1) is 13.8 Å². The molecule has 2 rings (SSSR count). The Kier molecular flexibility index (Phi) is 5.02. The molecule has 0 aliphatic carbocycles. The van der Waals surface area contributed by atoms with Crippen LogP contribution in [0.5, 0.6) is 0 Å². The fourth-order valence-corrected chi connectivity index (χ4v) is 2.34. The van der Waals surface area contributed by atoms with Gasteiger partial charge in [0.05, 0.1) is 16.4 Å². The van der Waals surface area contributed by atoms with Crippen LogP contribution in [0.4, 0.5) is 5.69 Å². The molecule has 1 aromatic heterocycles. The maximum absolute atomic E-state index is 12.4. The fourth-order valence-electron chi connectivity index (χ4n) is 2.21. The largest absolute Gasteiger partial charge is 0.292 e. The molecular weight excluding hydrogens is 286 g/mol. The Labute approximate surface area is 130 Å². The van der Waals surface area contributed by atoms with Crippen molar-refractivity contribution in [2.45, 2.75) is 40.3 Å². The van der Waals surface area contributed by atoms with Crippen molar-refractivity contribution in [2.24, 2.45) is 0 Å². The lowest BCUT2D eigenvalue weighted by molar-refractivity contribution is -0.119. The molecule has 0 N–H and O–H groups in total. The number of aryl methyl sites for hydroxylation is 1. The Morgan fingerprint density at radius 2 is 1.95 bits per heavy atom. The van der Waals surface area contributed by atoms with E-state index in [2.05, 4.69) is 5.10 Å². The summed E-state index contributed by atoms with van der Waals surface area (Å²) in [6.45, 7) is 6.16. The van der Waals surface area contributed by atoms with Crippen molar-refractivity contribution in [3.05, 3.63) is 46.7 Å². The number of aromatic nitrogens is 2. The molecule has 0 bridgehead atoms. The molecule has 21 heavy (non-hydrogen) atoms. The highest BCUT2D eigenvalue weighted by atomic mass is 35.5. The van der Waals surface area contributed by atoms with Crippen LogP contribution in [0.15, 0.2) is 30.3 Å². The van der Waals surface area contributed by atoms with Crippen molar-refractivity contribution in [1.82, 2.24) is 9.78 Å². The Balaban J connectivity index is 2.32. The minimum Gasteiger partial charge on any atom is -0.292 e. The highest BCUT2D eigenvalue weighted by molar-refractivity contribution is 6.31. The number of halogens is 1. The molecule has 1 aromatic carbocycles. The van der Waals surface area contributed by atoms with Crippen molar-refractivity contribution in [1.29, 1.82) is 0 Å². The summed E-state index contributed by atoms with van der Waals surface area (Å²) in [5.41, 5.74) is 2.53. The molecule has 0 aliphatic heterocycles. The van der Waals surface area contributed by atoms with Gasteiger partial charge in [-0.3, -0.25) is 9.69 Å². The summed E-state index contributed by atoms with van der Waals surface area (Å²) >= 11 is 6.18. The topological polar surface area (TPSA) is 38.1 Å². The van der Waals surface area contributed by atoms with Crippen LogP contribution in [0.25, 0.3) is 0 Å². The van der Waals surface area contributed by atoms with E-state index in [1.807, 2.05) is 51.1 Å². The summed E-state index contributed by atoms with van der Waals surface area (Å²) in [6.07, 6.45) is 1.34. The lowest BCUT2D eigenvalue weighted by Crippen LogP contribution is -2.33. The number of carbonyl (C=O) groups is 1. The fraction of sp³-hybridized carbons (Fsp3) is 0.375. The van der Waals surface area contributed by atoms with E-state index in [-0.39, 0.29) is 5.91 Å². The molecular formula is C16H20ClN3O. The van der Waals surface area contributed by atoms with E-state index in [0.29, 0.717) is 18.1 Å². The Morgan fingerprint density at radius 3 is 2.48 bits per heavy atom. The van der Waals surface area contributed by atoms with E-state index in [9.17, 15) is 4.79 Å². The van der Waals surface area contributed by atoms with Gasteiger partial charge in [-0.05, 0) is 32.4 Å². The zero-order valence-corrected chi connectivity index (χ0v) is 13.4. The van der Waals surface area contributed by atoms with Gasteiger partial charge in [-0.2, -0.15) is 5.10 Å². The van der Waals surface area contributed by atoms with Crippen LogP contribution in [0.1, 0.15) is 31.2 Å². The number of carbonyl (C=O) groups excluding carboxylic acids is 1. The smallest absolute Gasteiger partial charge is 0.228 e. The summed E-state index contributed by atoms with van der Waals surface area (Å²) in [5.74, 6) is 0.0902. The van der Waals surface area contributed by atoms with Crippen LogP contribution in [0.2, 0.25) is 5.02 Å². The van der Waals surface area contributed by atoms with Crippen LogP contribution in [0.3, 0.4) is 0 Å². The number of rotatable bonds is 5. The van der Waals surface area contributed by atoms with E-state index < -0.39 is 0 Å². The van der Waals surface area contributed by atoms with Crippen molar-refractivity contribution < 1.29 is 4.79 Å². The Morgan fingerprint density at radius 1 is 1.29 bits per heavy atom. The maximum atomic E-state index is 12.4. The highest BCUT2D eigenvalue weighted by Crippen LogP contribution is 2.21. The van der Waals surface area contributed by atoms with Crippen LogP contribution in [-0.2, 0) is 11.5 Å². The maximum Gasteiger partial charge on any atom is 0.228 e. The van der Waals surface area contributed by atoms with Gasteiger partial charge in [-0.15, -0.1) is 0 Å². The normalized spacial score (nSPS) is 10.7. The van der Waals surface area contributed by atoms with Gasteiger partial charge in [0.2, 0.25) is 5.91 Å². The summed E-state index contributed by atoms with van der Waals surface area (Å²) in [5, 5.41) is 5.07. The minimum atomic E-state index is 0.0902. The number of nitrogens with zero attached hydrogens (tertiary/aromatic N) is 3. The van der Waals surface area contributed by atoms with Gasteiger partial charge >= 0.3 is 0 Å². The number of anilines is 1. The molecule has 0 atom stereocenters. The molecule has 0 aliphatic rings. The van der Waals surface area contributed by atoms with Crippen molar-refractivity contribution in [3.63, 3.8) is 0 Å². The van der Waals surface area contributed by atoms with Gasteiger partial charge in [0, 0.05) is 12.1 Å². The first kappa shape index (κ1) is 15.6. The monoisotopic (exact) mass is 305 g/mol. The zero-order valence-electron chi connectivity index (χ0n) is 12.6. The SMILES string of the molecule is CCCC(=O)N(Cn1nc(C)c(Cl)c1C)c1ccccc1. The lowest BCUT2D eigenvalue weighted by Gasteiger charge is -2.23. The molecule has 1 amide bonds. The minimum absolute atomic E-state index is 0.0902. The first-order chi connectivity index (χ1) is 10.0. The predicted molar refractivity (Wildman–Crippen MR) is 85.5 cm³/mol. The lowest BCUT2D eigenvalue weighted by atomic mass is 10.2. The molecule has 2 aromatic rings. The molecule has 5 heteroatoms. The summed E-state index contributed by atoms with van der Waals surface area (Å²) in [4.78, 5) is 14.2. The highest BCUT2D eigenvalue weighted by Gasteiger charge is 2.18. The molecule has 0 saturated carbocycles. The van der Waals surface area contributed by atoms with Gasteiger partial charge in [0.1, 0.15) is 6.67 Å². The number of hydrogen-bond acceptors (Lipinski definition) is 2. The standard InChI is InChI=1S/C16H20ClN3O/c1-4-8-15(21)19(14-9-6-5-7-10-14)11-20-13(3)16(17)12(2)18-20/h5-7,9-10H,4,8,11H2,1-3H3. The molecule has 1 heterocycles. The Bertz CT molecular complexity index is 622. The van der Waals surface area contributed by atoms with Gasteiger partial charge in [-0.1, -0.05) is 36.7 Å². The van der Waals surface area contributed by atoms with Crippen molar-refractivity contribution >= 4 is 23.2 Å². The summed E-state index contributed by atoms with van der Waals surface area (Å²) in [6, 6.07) is 9.65. The predicted octanol–water partition coefficient (Wildman–Crippen LogP) is 3.94. The van der Waals surface area contributed by atoms with Gasteiger partial charge < -0.3 is 0 Å². The van der Waals surface area contributed by atoms with Gasteiger partial charge in [0.25, 0.3) is 0 Å². The van der Waals surface area contributed by atoms with E-state index in [0.717, 1.165) is 23.5 Å². The molecule has 0 saturated heterocycles. The second-order valence-electron chi connectivity index (χ2n) is 5.03. The van der Waals surface area contributed by atoms with E-state index >= 15 is 0 Å². The number of benzene rings is 1. The van der Waals surface area contributed by atoms with Crippen LogP contribution >= 0.6 is 11.6 Å². The van der Waals surface area contributed by atoms with Crippen LogP contribution in [-0.4, -0.2) is 15.7 Å². The molecule has 0 spiro atoms. The number of amides is 1. The summed E-state index contributed by atoms with van der Waals surface area (Å²) in [7, 11) is 0. The van der Waals surface area contributed by atoms with Crippen molar-refractivity contribution in [3.8, 4) is 0 Å². The van der Waals surface area contributed by atoms with E-state index in [1.165, 1.54) is 0 Å². The van der Waals surface area contributed by atoms with E-state index in [1.54, 1.807) is 9.58 Å². The third-order valence-electron chi connectivity index (χ3n) is 3.40. The molecule has 0 unspecified atom stereocenters. The average molecular weight is 306 g/mol. The molecule has 4 nitrogen and oxygen atoms in total. The van der Waals surface area contributed by atoms with Gasteiger partial charge in [-0.25, -0.2) is 4.68 Å².